The van der Waals surface area contributed by atoms with Crippen LogP contribution in [0, 0.1) is 11.7 Å². The van der Waals surface area contributed by atoms with Crippen LogP contribution in [0.1, 0.15) is 31.2 Å². The second-order valence-corrected chi connectivity index (χ2v) is 8.99. The van der Waals surface area contributed by atoms with Crippen LogP contribution in [-0.4, -0.2) is 38.3 Å². The Hall–Kier alpha value is -2.25. The molecule has 1 fully saturated rings. The zero-order valence-electron chi connectivity index (χ0n) is 15.8. The first-order chi connectivity index (χ1) is 13.4. The van der Waals surface area contributed by atoms with Crippen LogP contribution in [0.2, 0.25) is 0 Å². The second-order valence-electron chi connectivity index (χ2n) is 7.05. The Morgan fingerprint density at radius 2 is 1.89 bits per heavy atom. The van der Waals surface area contributed by atoms with E-state index in [0.29, 0.717) is 12.1 Å². The first-order valence-corrected chi connectivity index (χ1v) is 11.0. The normalized spacial score (nSPS) is 20.2. The van der Waals surface area contributed by atoms with Gasteiger partial charge in [-0.15, -0.1) is 0 Å². The molecular weight excluding hydrogens is 379 g/mol. The average Bonchev–Trinajstić information content (AvgIpc) is 3.15. The third-order valence-corrected chi connectivity index (χ3v) is 6.96. The molecule has 2 atom stereocenters. The molecule has 2 aromatic carbocycles. The van der Waals surface area contributed by atoms with E-state index in [0.717, 1.165) is 12.8 Å². The van der Waals surface area contributed by atoms with E-state index >= 15 is 0 Å². The van der Waals surface area contributed by atoms with Crippen LogP contribution in [0.25, 0.3) is 0 Å². The lowest BCUT2D eigenvalue weighted by atomic mass is 9.88. The van der Waals surface area contributed by atoms with Gasteiger partial charge in [-0.1, -0.05) is 43.7 Å². The highest BCUT2D eigenvalue weighted by Gasteiger charge is 2.43. The van der Waals surface area contributed by atoms with Gasteiger partial charge in [-0.3, -0.25) is 4.79 Å². The van der Waals surface area contributed by atoms with E-state index in [1.54, 1.807) is 42.5 Å². The van der Waals surface area contributed by atoms with Gasteiger partial charge in [0.25, 0.3) is 0 Å². The molecule has 1 heterocycles. The zero-order chi connectivity index (χ0) is 20.1. The SMILES string of the molecule is CCCCNC(=O)[C@@H]1CN(S(=O)(=O)c2ccccc2)C[C@@H]1c1cccc(F)c1. The number of sulfonamides is 1. The van der Waals surface area contributed by atoms with E-state index in [1.807, 2.05) is 6.92 Å². The Bertz CT molecular complexity index is 918. The number of rotatable bonds is 7. The summed E-state index contributed by atoms with van der Waals surface area (Å²) in [5.41, 5.74) is 0.640. The van der Waals surface area contributed by atoms with E-state index < -0.39 is 27.7 Å². The number of nitrogens with zero attached hydrogens (tertiary/aromatic N) is 1. The number of carbonyl (C=O) groups excluding carboxylic acids is 1. The summed E-state index contributed by atoms with van der Waals surface area (Å²) in [6, 6.07) is 14.2. The van der Waals surface area contributed by atoms with Crippen molar-refractivity contribution >= 4 is 15.9 Å². The maximum absolute atomic E-state index is 13.8. The smallest absolute Gasteiger partial charge is 0.243 e. The maximum Gasteiger partial charge on any atom is 0.243 e. The quantitative estimate of drug-likeness (QED) is 0.721. The zero-order valence-corrected chi connectivity index (χ0v) is 16.7. The van der Waals surface area contributed by atoms with Crippen molar-refractivity contribution in [1.29, 1.82) is 0 Å². The number of halogens is 1. The highest BCUT2D eigenvalue weighted by molar-refractivity contribution is 7.89. The largest absolute Gasteiger partial charge is 0.356 e. The van der Waals surface area contributed by atoms with Gasteiger partial charge in [-0.25, -0.2) is 12.8 Å². The number of carbonyl (C=O) groups is 1. The van der Waals surface area contributed by atoms with Crippen molar-refractivity contribution in [3.05, 3.63) is 66.0 Å². The molecular formula is C21H25FN2O3S. The van der Waals surface area contributed by atoms with E-state index in [-0.39, 0.29) is 23.9 Å². The van der Waals surface area contributed by atoms with E-state index in [1.165, 1.54) is 16.4 Å². The van der Waals surface area contributed by atoms with Crippen LogP contribution in [0.15, 0.2) is 59.5 Å². The molecule has 28 heavy (non-hydrogen) atoms. The number of unbranched alkanes of at least 4 members (excludes halogenated alkanes) is 1. The molecule has 1 aliphatic heterocycles. The molecule has 1 amide bonds. The minimum Gasteiger partial charge on any atom is -0.356 e. The molecule has 7 heteroatoms. The third kappa shape index (κ3) is 4.42. The van der Waals surface area contributed by atoms with Gasteiger partial charge >= 0.3 is 0 Å². The van der Waals surface area contributed by atoms with Gasteiger partial charge in [-0.05, 0) is 36.2 Å². The molecule has 0 radical (unpaired) electrons. The Kier molecular flexibility index (Phi) is 6.46. The summed E-state index contributed by atoms with van der Waals surface area (Å²) in [4.78, 5) is 13.0. The standard InChI is InChI=1S/C21H25FN2O3S/c1-2-3-12-23-21(25)20-15-24(28(26,27)18-10-5-4-6-11-18)14-19(20)16-8-7-9-17(22)13-16/h4-11,13,19-20H,2-3,12,14-15H2,1H3,(H,23,25)/t19-,20-/m1/s1. The van der Waals surface area contributed by atoms with E-state index in [9.17, 15) is 17.6 Å². The first-order valence-electron chi connectivity index (χ1n) is 9.52. The predicted octanol–water partition coefficient (Wildman–Crippen LogP) is 3.15. The molecule has 1 N–H and O–H groups in total. The van der Waals surface area contributed by atoms with E-state index in [4.69, 9.17) is 0 Å². The van der Waals surface area contributed by atoms with Crippen molar-refractivity contribution in [3.8, 4) is 0 Å². The van der Waals surface area contributed by atoms with E-state index in [2.05, 4.69) is 5.32 Å². The highest BCUT2D eigenvalue weighted by atomic mass is 32.2. The fourth-order valence-corrected chi connectivity index (χ4v) is 5.08. The fourth-order valence-electron chi connectivity index (χ4n) is 3.57. The summed E-state index contributed by atoms with van der Waals surface area (Å²) >= 11 is 0. The summed E-state index contributed by atoms with van der Waals surface area (Å²) in [7, 11) is -3.72. The number of hydrogen-bond donors (Lipinski definition) is 1. The van der Waals surface area contributed by atoms with Gasteiger partial charge < -0.3 is 5.32 Å². The molecule has 1 saturated heterocycles. The Balaban J connectivity index is 1.89. The topological polar surface area (TPSA) is 66.5 Å². The average molecular weight is 405 g/mol. The van der Waals surface area contributed by atoms with Crippen LogP contribution < -0.4 is 5.32 Å². The number of benzene rings is 2. The van der Waals surface area contributed by atoms with Crippen molar-refractivity contribution in [1.82, 2.24) is 9.62 Å². The molecule has 3 rings (SSSR count). The summed E-state index contributed by atoms with van der Waals surface area (Å²) in [6.07, 6.45) is 1.81. The Morgan fingerprint density at radius 1 is 1.14 bits per heavy atom. The molecule has 0 saturated carbocycles. The second kappa shape index (κ2) is 8.84. The van der Waals surface area contributed by atoms with Gasteiger partial charge in [0.1, 0.15) is 5.82 Å². The Morgan fingerprint density at radius 3 is 2.57 bits per heavy atom. The summed E-state index contributed by atoms with van der Waals surface area (Å²) in [5.74, 6) is -1.53. The van der Waals surface area contributed by atoms with Crippen molar-refractivity contribution in [2.45, 2.75) is 30.6 Å². The third-order valence-electron chi connectivity index (χ3n) is 5.11. The lowest BCUT2D eigenvalue weighted by Crippen LogP contribution is -2.36. The molecule has 5 nitrogen and oxygen atoms in total. The lowest BCUT2D eigenvalue weighted by molar-refractivity contribution is -0.124. The van der Waals surface area contributed by atoms with Crippen LogP contribution in [-0.2, 0) is 14.8 Å². The maximum atomic E-state index is 13.8. The van der Waals surface area contributed by atoms with Crippen LogP contribution in [0.3, 0.4) is 0 Å². The molecule has 0 aromatic heterocycles. The first kappa shape index (κ1) is 20.5. The fraction of sp³-hybridized carbons (Fsp3) is 0.381. The molecule has 1 aliphatic rings. The molecule has 0 bridgehead atoms. The molecule has 0 aliphatic carbocycles. The van der Waals surface area contributed by atoms with Crippen molar-refractivity contribution in [3.63, 3.8) is 0 Å². The minimum absolute atomic E-state index is 0.0797. The summed E-state index contributed by atoms with van der Waals surface area (Å²) < 4.78 is 41.1. The van der Waals surface area contributed by atoms with Gasteiger partial charge in [0.2, 0.25) is 15.9 Å². The van der Waals surface area contributed by atoms with Gasteiger partial charge in [-0.2, -0.15) is 4.31 Å². The molecule has 0 spiro atoms. The van der Waals surface area contributed by atoms with Gasteiger partial charge in [0.05, 0.1) is 10.8 Å². The summed E-state index contributed by atoms with van der Waals surface area (Å²) in [5, 5.41) is 2.90. The predicted molar refractivity (Wildman–Crippen MR) is 106 cm³/mol. The number of nitrogens with one attached hydrogen (secondary N) is 1. The molecule has 0 unspecified atom stereocenters. The number of amides is 1. The van der Waals surface area contributed by atoms with Crippen molar-refractivity contribution in [2.24, 2.45) is 5.92 Å². The van der Waals surface area contributed by atoms with Crippen molar-refractivity contribution in [2.75, 3.05) is 19.6 Å². The molecule has 2 aromatic rings. The summed E-state index contributed by atoms with van der Waals surface area (Å²) in [6.45, 7) is 2.81. The molecule has 150 valence electrons. The van der Waals surface area contributed by atoms with Gasteiger partial charge in [0, 0.05) is 25.6 Å². The Labute approximate surface area is 165 Å². The van der Waals surface area contributed by atoms with Crippen LogP contribution in [0.5, 0.6) is 0 Å². The minimum atomic E-state index is -3.72. The van der Waals surface area contributed by atoms with Crippen molar-refractivity contribution < 1.29 is 17.6 Å². The highest BCUT2D eigenvalue weighted by Crippen LogP contribution is 2.36. The number of hydrogen-bond acceptors (Lipinski definition) is 3. The van der Waals surface area contributed by atoms with Crippen LogP contribution in [0.4, 0.5) is 4.39 Å². The lowest BCUT2D eigenvalue weighted by Gasteiger charge is -2.18. The van der Waals surface area contributed by atoms with Crippen LogP contribution >= 0.6 is 0 Å². The van der Waals surface area contributed by atoms with Gasteiger partial charge in [0.15, 0.2) is 0 Å². The monoisotopic (exact) mass is 404 g/mol.